The first kappa shape index (κ1) is 19.4. The van der Waals surface area contributed by atoms with Crippen LogP contribution in [-0.4, -0.2) is 36.5 Å². The van der Waals surface area contributed by atoms with Gasteiger partial charge in [-0.3, -0.25) is 4.98 Å². The predicted molar refractivity (Wildman–Crippen MR) is 111 cm³/mol. The quantitative estimate of drug-likeness (QED) is 0.628. The number of para-hydroxylation sites is 1. The molecule has 0 saturated carbocycles. The fourth-order valence-electron chi connectivity index (χ4n) is 3.54. The maximum atomic E-state index is 14.2. The second-order valence-corrected chi connectivity index (χ2v) is 10.1. The number of rotatable bonds is 3. The number of aryl methyl sites for hydroxylation is 1. The zero-order valence-electron chi connectivity index (χ0n) is 15.5. The third-order valence-electron chi connectivity index (χ3n) is 4.99. The predicted octanol–water partition coefficient (Wildman–Crippen LogP) is 4.55. The lowest BCUT2D eigenvalue weighted by atomic mass is 10.1. The molecule has 1 aromatic heterocycles. The molecule has 0 N–H and O–H groups in total. The van der Waals surface area contributed by atoms with Crippen molar-refractivity contribution in [3.63, 3.8) is 0 Å². The monoisotopic (exact) mass is 416 g/mol. The van der Waals surface area contributed by atoms with E-state index < -0.39 is 10.0 Å². The van der Waals surface area contributed by atoms with Gasteiger partial charge in [-0.2, -0.15) is 16.1 Å². The van der Waals surface area contributed by atoms with Crippen molar-refractivity contribution < 1.29 is 12.8 Å². The molecule has 2 heterocycles. The third-order valence-corrected chi connectivity index (χ3v) is 8.23. The zero-order chi connectivity index (χ0) is 19.7. The molecule has 1 fully saturated rings. The molecule has 4 rings (SSSR count). The number of hydrogen-bond donors (Lipinski definition) is 0. The summed E-state index contributed by atoms with van der Waals surface area (Å²) in [7, 11) is -3.68. The van der Waals surface area contributed by atoms with Gasteiger partial charge in [0, 0.05) is 40.7 Å². The van der Waals surface area contributed by atoms with Crippen molar-refractivity contribution in [1.82, 2.24) is 9.29 Å². The summed E-state index contributed by atoms with van der Waals surface area (Å²) >= 11 is 1.61. The van der Waals surface area contributed by atoms with Crippen molar-refractivity contribution in [1.29, 1.82) is 0 Å². The van der Waals surface area contributed by atoms with E-state index in [1.165, 1.54) is 10.4 Å². The Morgan fingerprint density at radius 3 is 2.71 bits per heavy atom. The van der Waals surface area contributed by atoms with Gasteiger partial charge in [-0.05, 0) is 31.5 Å². The van der Waals surface area contributed by atoms with Crippen LogP contribution in [0.25, 0.3) is 10.9 Å². The molecular weight excluding hydrogens is 395 g/mol. The Kier molecular flexibility index (Phi) is 5.40. The van der Waals surface area contributed by atoms with E-state index in [4.69, 9.17) is 0 Å². The number of aromatic nitrogens is 1. The van der Waals surface area contributed by atoms with Crippen LogP contribution >= 0.6 is 11.8 Å². The van der Waals surface area contributed by atoms with E-state index in [0.29, 0.717) is 36.3 Å². The zero-order valence-corrected chi connectivity index (χ0v) is 17.1. The van der Waals surface area contributed by atoms with E-state index in [2.05, 4.69) is 4.98 Å². The fourth-order valence-corrected chi connectivity index (χ4v) is 6.52. The van der Waals surface area contributed by atoms with Gasteiger partial charge >= 0.3 is 0 Å². The Hall–Kier alpha value is -1.96. The minimum atomic E-state index is -3.68. The molecule has 2 aromatic carbocycles. The van der Waals surface area contributed by atoms with Crippen molar-refractivity contribution in [3.05, 3.63) is 71.7 Å². The van der Waals surface area contributed by atoms with Gasteiger partial charge in [-0.1, -0.05) is 36.4 Å². The van der Waals surface area contributed by atoms with Gasteiger partial charge in [-0.25, -0.2) is 12.8 Å². The van der Waals surface area contributed by atoms with Gasteiger partial charge in [-0.15, -0.1) is 0 Å². The van der Waals surface area contributed by atoms with Crippen LogP contribution < -0.4 is 0 Å². The summed E-state index contributed by atoms with van der Waals surface area (Å²) in [6.45, 7) is 2.61. The van der Waals surface area contributed by atoms with Crippen LogP contribution in [0.3, 0.4) is 0 Å². The average Bonchev–Trinajstić information content (AvgIpc) is 2.94. The molecule has 1 aliphatic heterocycles. The second kappa shape index (κ2) is 7.81. The normalized spacial score (nSPS) is 18.9. The molecule has 4 nitrogen and oxygen atoms in total. The highest BCUT2D eigenvalue weighted by molar-refractivity contribution is 7.99. The van der Waals surface area contributed by atoms with Crippen LogP contribution in [0.15, 0.2) is 59.5 Å². The van der Waals surface area contributed by atoms with Crippen LogP contribution in [0.1, 0.15) is 22.9 Å². The average molecular weight is 417 g/mol. The summed E-state index contributed by atoms with van der Waals surface area (Å²) in [4.78, 5) is 4.71. The Labute approximate surface area is 168 Å². The van der Waals surface area contributed by atoms with Crippen molar-refractivity contribution in [2.45, 2.75) is 23.5 Å². The molecule has 1 saturated heterocycles. The number of sulfonamides is 1. The van der Waals surface area contributed by atoms with Crippen LogP contribution in [0.4, 0.5) is 4.39 Å². The van der Waals surface area contributed by atoms with Gasteiger partial charge in [0.1, 0.15) is 10.7 Å². The van der Waals surface area contributed by atoms with Gasteiger partial charge in [0.25, 0.3) is 0 Å². The van der Waals surface area contributed by atoms with Crippen LogP contribution in [0.5, 0.6) is 0 Å². The first-order chi connectivity index (χ1) is 13.5. The standard InChI is InChI=1S/C21H21FN2O2S2/c1-15-9-10-16-5-4-8-20(21(16)23-15)28(25,26)24-12-11-19(27-14-13-24)17-6-2-3-7-18(17)22/h2-10,19H,11-14H2,1H3. The minimum Gasteiger partial charge on any atom is -0.252 e. The molecule has 0 aliphatic carbocycles. The molecule has 28 heavy (non-hydrogen) atoms. The lowest BCUT2D eigenvalue weighted by Gasteiger charge is -2.21. The van der Waals surface area contributed by atoms with Crippen molar-refractivity contribution in [2.75, 3.05) is 18.8 Å². The summed E-state index contributed by atoms with van der Waals surface area (Å²) in [5.41, 5.74) is 1.93. The highest BCUT2D eigenvalue weighted by Crippen LogP contribution is 2.37. The molecule has 0 amide bonds. The van der Waals surface area contributed by atoms with Crippen LogP contribution in [-0.2, 0) is 10.0 Å². The molecule has 1 aliphatic rings. The molecule has 7 heteroatoms. The number of hydrogen-bond acceptors (Lipinski definition) is 4. The number of thioether (sulfide) groups is 1. The summed E-state index contributed by atoms with van der Waals surface area (Å²) in [5, 5.41) is 0.759. The van der Waals surface area contributed by atoms with Gasteiger partial charge in [0.15, 0.2) is 0 Å². The van der Waals surface area contributed by atoms with Crippen molar-refractivity contribution in [3.8, 4) is 0 Å². The van der Waals surface area contributed by atoms with Crippen LogP contribution in [0.2, 0.25) is 0 Å². The number of halogens is 1. The summed E-state index contributed by atoms with van der Waals surface area (Å²) in [6, 6.07) is 15.7. The Balaban J connectivity index is 1.64. The summed E-state index contributed by atoms with van der Waals surface area (Å²) in [6.07, 6.45) is 0.571. The molecule has 0 radical (unpaired) electrons. The third kappa shape index (κ3) is 3.66. The topological polar surface area (TPSA) is 50.3 Å². The lowest BCUT2D eigenvalue weighted by Crippen LogP contribution is -2.33. The fraction of sp³-hybridized carbons (Fsp3) is 0.286. The Morgan fingerprint density at radius 1 is 1.07 bits per heavy atom. The number of benzene rings is 2. The molecule has 146 valence electrons. The van der Waals surface area contributed by atoms with E-state index in [1.54, 1.807) is 36.0 Å². The maximum Gasteiger partial charge on any atom is 0.245 e. The van der Waals surface area contributed by atoms with E-state index >= 15 is 0 Å². The molecular formula is C21H21FN2O2S2. The summed E-state index contributed by atoms with van der Waals surface area (Å²) < 4.78 is 42.4. The number of nitrogens with zero attached hydrogens (tertiary/aromatic N) is 2. The summed E-state index contributed by atoms with van der Waals surface area (Å²) in [5.74, 6) is 0.389. The molecule has 3 aromatic rings. The largest absolute Gasteiger partial charge is 0.252 e. The highest BCUT2D eigenvalue weighted by Gasteiger charge is 2.30. The Bertz CT molecular complexity index is 1120. The van der Waals surface area contributed by atoms with Crippen molar-refractivity contribution in [2.24, 2.45) is 0 Å². The van der Waals surface area contributed by atoms with E-state index in [1.807, 2.05) is 31.2 Å². The molecule has 0 spiro atoms. The molecule has 0 bridgehead atoms. The highest BCUT2D eigenvalue weighted by atomic mass is 32.2. The van der Waals surface area contributed by atoms with Crippen LogP contribution in [0, 0.1) is 12.7 Å². The second-order valence-electron chi connectivity index (χ2n) is 6.85. The van der Waals surface area contributed by atoms with Gasteiger partial charge < -0.3 is 0 Å². The number of fused-ring (bicyclic) bond motifs is 1. The molecule has 1 atom stereocenters. The van der Waals surface area contributed by atoms with Crippen molar-refractivity contribution >= 4 is 32.7 Å². The molecule has 1 unspecified atom stereocenters. The number of pyridine rings is 1. The van der Waals surface area contributed by atoms with Gasteiger partial charge in [0.2, 0.25) is 10.0 Å². The SMILES string of the molecule is Cc1ccc2cccc(S(=O)(=O)N3CCSC(c4ccccc4F)CC3)c2n1. The van der Waals surface area contributed by atoms with E-state index in [-0.39, 0.29) is 16.0 Å². The van der Waals surface area contributed by atoms with E-state index in [9.17, 15) is 12.8 Å². The first-order valence-corrected chi connectivity index (χ1v) is 11.7. The van der Waals surface area contributed by atoms with E-state index in [0.717, 1.165) is 11.1 Å². The Morgan fingerprint density at radius 2 is 1.89 bits per heavy atom. The first-order valence-electron chi connectivity index (χ1n) is 9.19. The smallest absolute Gasteiger partial charge is 0.245 e. The maximum absolute atomic E-state index is 14.2. The lowest BCUT2D eigenvalue weighted by molar-refractivity contribution is 0.427. The van der Waals surface area contributed by atoms with Gasteiger partial charge in [0.05, 0.1) is 5.52 Å². The minimum absolute atomic E-state index is 0.0470.